The topological polar surface area (TPSA) is 53.5 Å². The van der Waals surface area contributed by atoms with Gasteiger partial charge in [-0.05, 0) is 18.6 Å². The van der Waals surface area contributed by atoms with E-state index in [-0.39, 0.29) is 18.4 Å². The standard InChI is InChI=1S/C13H18ClN3O2/c1-4-7-17(9-12(18)16(2)3)13(19)10-5-6-11(14)15-8-10/h5-6,8H,4,7,9H2,1-3H3. The summed E-state index contributed by atoms with van der Waals surface area (Å²) in [5, 5.41) is 0.336. The van der Waals surface area contributed by atoms with Gasteiger partial charge in [0, 0.05) is 26.8 Å². The van der Waals surface area contributed by atoms with Gasteiger partial charge in [0.25, 0.3) is 5.91 Å². The molecule has 0 atom stereocenters. The van der Waals surface area contributed by atoms with Crippen molar-refractivity contribution < 1.29 is 9.59 Å². The number of rotatable bonds is 5. The summed E-state index contributed by atoms with van der Waals surface area (Å²) in [5.41, 5.74) is 0.435. The van der Waals surface area contributed by atoms with Gasteiger partial charge in [-0.25, -0.2) is 4.98 Å². The van der Waals surface area contributed by atoms with Crippen molar-refractivity contribution in [3.8, 4) is 0 Å². The molecular formula is C13H18ClN3O2. The Morgan fingerprint density at radius 3 is 2.47 bits per heavy atom. The Morgan fingerprint density at radius 1 is 1.32 bits per heavy atom. The largest absolute Gasteiger partial charge is 0.347 e. The van der Waals surface area contributed by atoms with Gasteiger partial charge in [0.2, 0.25) is 5.91 Å². The van der Waals surface area contributed by atoms with Gasteiger partial charge in [0.1, 0.15) is 11.7 Å². The van der Waals surface area contributed by atoms with Gasteiger partial charge in [-0.3, -0.25) is 9.59 Å². The predicted octanol–water partition coefficient (Wildman–Crippen LogP) is 1.68. The van der Waals surface area contributed by atoms with E-state index in [0.29, 0.717) is 17.3 Å². The molecule has 0 unspecified atom stereocenters. The second-order valence-electron chi connectivity index (χ2n) is 4.38. The molecule has 0 aliphatic carbocycles. The molecule has 0 radical (unpaired) electrons. The summed E-state index contributed by atoms with van der Waals surface area (Å²) in [6.45, 7) is 2.56. The first-order valence-corrected chi connectivity index (χ1v) is 6.44. The average molecular weight is 284 g/mol. The highest BCUT2D eigenvalue weighted by atomic mass is 35.5. The lowest BCUT2D eigenvalue weighted by Crippen LogP contribution is -2.40. The Hall–Kier alpha value is -1.62. The predicted molar refractivity (Wildman–Crippen MR) is 74.1 cm³/mol. The van der Waals surface area contributed by atoms with Gasteiger partial charge in [-0.15, -0.1) is 0 Å². The molecule has 104 valence electrons. The molecule has 1 rings (SSSR count). The summed E-state index contributed by atoms with van der Waals surface area (Å²) in [7, 11) is 3.33. The van der Waals surface area contributed by atoms with E-state index in [9.17, 15) is 9.59 Å². The SMILES string of the molecule is CCCN(CC(=O)N(C)C)C(=O)c1ccc(Cl)nc1. The molecule has 0 fully saturated rings. The van der Waals surface area contributed by atoms with Crippen molar-refractivity contribution in [2.45, 2.75) is 13.3 Å². The lowest BCUT2D eigenvalue weighted by molar-refractivity contribution is -0.129. The van der Waals surface area contributed by atoms with E-state index in [1.165, 1.54) is 16.0 Å². The van der Waals surface area contributed by atoms with Gasteiger partial charge < -0.3 is 9.80 Å². The summed E-state index contributed by atoms with van der Waals surface area (Å²) < 4.78 is 0. The first-order valence-electron chi connectivity index (χ1n) is 6.06. The number of nitrogens with zero attached hydrogens (tertiary/aromatic N) is 3. The van der Waals surface area contributed by atoms with Crippen LogP contribution in [0.1, 0.15) is 23.7 Å². The summed E-state index contributed by atoms with van der Waals surface area (Å²) in [4.78, 5) is 30.9. The van der Waals surface area contributed by atoms with Crippen molar-refractivity contribution in [3.05, 3.63) is 29.0 Å². The van der Waals surface area contributed by atoms with Crippen molar-refractivity contribution >= 4 is 23.4 Å². The quantitative estimate of drug-likeness (QED) is 0.773. The Morgan fingerprint density at radius 2 is 2.00 bits per heavy atom. The third-order valence-electron chi connectivity index (χ3n) is 2.58. The van der Waals surface area contributed by atoms with Crippen LogP contribution >= 0.6 is 11.6 Å². The molecule has 0 aromatic carbocycles. The molecule has 19 heavy (non-hydrogen) atoms. The monoisotopic (exact) mass is 283 g/mol. The molecule has 0 aliphatic rings. The number of carbonyl (C=O) groups excluding carboxylic acids is 2. The highest BCUT2D eigenvalue weighted by molar-refractivity contribution is 6.29. The minimum Gasteiger partial charge on any atom is -0.347 e. The van der Waals surface area contributed by atoms with Gasteiger partial charge >= 0.3 is 0 Å². The molecule has 0 saturated heterocycles. The highest BCUT2D eigenvalue weighted by Crippen LogP contribution is 2.09. The number of likely N-dealkylation sites (N-methyl/N-ethyl adjacent to an activating group) is 1. The van der Waals surface area contributed by atoms with Crippen LogP contribution in [0.15, 0.2) is 18.3 Å². The smallest absolute Gasteiger partial charge is 0.255 e. The number of carbonyl (C=O) groups is 2. The van der Waals surface area contributed by atoms with Gasteiger partial charge in [0.15, 0.2) is 0 Å². The second-order valence-corrected chi connectivity index (χ2v) is 4.77. The van der Waals surface area contributed by atoms with Crippen LogP contribution in [0.3, 0.4) is 0 Å². The molecule has 1 aromatic heterocycles. The molecule has 5 nitrogen and oxygen atoms in total. The van der Waals surface area contributed by atoms with Crippen molar-refractivity contribution in [1.29, 1.82) is 0 Å². The van der Waals surface area contributed by atoms with Crippen molar-refractivity contribution in [3.63, 3.8) is 0 Å². The van der Waals surface area contributed by atoms with E-state index in [2.05, 4.69) is 4.98 Å². The minimum absolute atomic E-state index is 0.0717. The number of hydrogen-bond acceptors (Lipinski definition) is 3. The van der Waals surface area contributed by atoms with Crippen LogP contribution in [0.2, 0.25) is 5.15 Å². The van der Waals surface area contributed by atoms with E-state index in [0.717, 1.165) is 6.42 Å². The lowest BCUT2D eigenvalue weighted by Gasteiger charge is -2.23. The average Bonchev–Trinajstić information content (AvgIpc) is 2.38. The molecule has 6 heteroatoms. The van der Waals surface area contributed by atoms with Crippen LogP contribution in [-0.2, 0) is 4.79 Å². The maximum absolute atomic E-state index is 12.3. The second kappa shape index (κ2) is 7.09. The molecule has 0 N–H and O–H groups in total. The van der Waals surface area contributed by atoms with E-state index < -0.39 is 0 Å². The van der Waals surface area contributed by atoms with E-state index in [1.807, 2.05) is 6.92 Å². The lowest BCUT2D eigenvalue weighted by atomic mass is 10.2. The summed E-state index contributed by atoms with van der Waals surface area (Å²) in [6, 6.07) is 3.17. The van der Waals surface area contributed by atoms with E-state index in [4.69, 9.17) is 11.6 Å². The molecule has 0 bridgehead atoms. The fourth-order valence-electron chi connectivity index (χ4n) is 1.51. The van der Waals surface area contributed by atoms with Crippen LogP contribution in [0.4, 0.5) is 0 Å². The zero-order valence-electron chi connectivity index (χ0n) is 11.4. The molecular weight excluding hydrogens is 266 g/mol. The molecule has 0 aliphatic heterocycles. The first kappa shape index (κ1) is 15.4. The molecule has 0 spiro atoms. The summed E-state index contributed by atoms with van der Waals surface area (Å²) in [5.74, 6) is -0.315. The number of halogens is 1. The highest BCUT2D eigenvalue weighted by Gasteiger charge is 2.19. The van der Waals surface area contributed by atoms with Crippen molar-refractivity contribution in [2.24, 2.45) is 0 Å². The van der Waals surface area contributed by atoms with Gasteiger partial charge in [-0.1, -0.05) is 18.5 Å². The first-order chi connectivity index (χ1) is 8.95. The van der Waals surface area contributed by atoms with Crippen LogP contribution in [-0.4, -0.2) is 53.8 Å². The molecule has 2 amide bonds. The normalized spacial score (nSPS) is 10.1. The Labute approximate surface area is 118 Å². The van der Waals surface area contributed by atoms with Crippen molar-refractivity contribution in [1.82, 2.24) is 14.8 Å². The number of hydrogen-bond donors (Lipinski definition) is 0. The fraction of sp³-hybridized carbons (Fsp3) is 0.462. The molecule has 1 aromatic rings. The van der Waals surface area contributed by atoms with Crippen LogP contribution in [0.25, 0.3) is 0 Å². The maximum atomic E-state index is 12.3. The zero-order valence-corrected chi connectivity index (χ0v) is 12.1. The van der Waals surface area contributed by atoms with Crippen LogP contribution < -0.4 is 0 Å². The molecule has 1 heterocycles. The van der Waals surface area contributed by atoms with E-state index in [1.54, 1.807) is 26.2 Å². The van der Waals surface area contributed by atoms with E-state index >= 15 is 0 Å². The Bertz CT molecular complexity index is 446. The van der Waals surface area contributed by atoms with Crippen LogP contribution in [0.5, 0.6) is 0 Å². The van der Waals surface area contributed by atoms with Gasteiger partial charge in [0.05, 0.1) is 5.56 Å². The summed E-state index contributed by atoms with van der Waals surface area (Å²) >= 11 is 5.69. The zero-order chi connectivity index (χ0) is 14.4. The Kier molecular flexibility index (Phi) is 5.76. The fourth-order valence-corrected chi connectivity index (χ4v) is 1.62. The third-order valence-corrected chi connectivity index (χ3v) is 2.80. The molecule has 0 saturated carbocycles. The number of pyridine rings is 1. The summed E-state index contributed by atoms with van der Waals surface area (Å²) in [6.07, 6.45) is 2.21. The van der Waals surface area contributed by atoms with Crippen LogP contribution in [0, 0.1) is 0 Å². The Balaban J connectivity index is 2.83. The maximum Gasteiger partial charge on any atom is 0.255 e. The number of amides is 2. The third kappa shape index (κ3) is 4.52. The van der Waals surface area contributed by atoms with Gasteiger partial charge in [-0.2, -0.15) is 0 Å². The minimum atomic E-state index is -0.207. The van der Waals surface area contributed by atoms with Crippen molar-refractivity contribution in [2.75, 3.05) is 27.2 Å². The number of aromatic nitrogens is 1.